The molecule has 1 saturated heterocycles. The van der Waals surface area contributed by atoms with Crippen molar-refractivity contribution < 1.29 is 14.3 Å². The van der Waals surface area contributed by atoms with E-state index in [1.165, 1.54) is 0 Å². The molecule has 1 aromatic rings. The highest BCUT2D eigenvalue weighted by Gasteiger charge is 2.63. The first-order valence-electron chi connectivity index (χ1n) is 10.1. The molecule has 0 bridgehead atoms. The lowest BCUT2D eigenvalue weighted by Gasteiger charge is -2.59. The van der Waals surface area contributed by atoms with E-state index < -0.39 is 5.54 Å². The molecule has 2 atom stereocenters. The summed E-state index contributed by atoms with van der Waals surface area (Å²) in [6.07, 6.45) is 2.02. The number of anilines is 1. The van der Waals surface area contributed by atoms with E-state index in [1.807, 2.05) is 56.0 Å². The molecular weight excluding hydrogens is 392 g/mol. The highest BCUT2D eigenvalue weighted by molar-refractivity contribution is 5.90. The summed E-state index contributed by atoms with van der Waals surface area (Å²) in [6, 6.07) is 9.17. The second kappa shape index (κ2) is 9.32. The van der Waals surface area contributed by atoms with E-state index in [2.05, 4.69) is 10.6 Å². The van der Waals surface area contributed by atoms with Crippen molar-refractivity contribution in [1.29, 1.82) is 0 Å². The Balaban J connectivity index is 0.00000300. The number of urea groups is 1. The zero-order chi connectivity index (χ0) is 20.4. The second-order valence-corrected chi connectivity index (χ2v) is 8.37. The van der Waals surface area contributed by atoms with Gasteiger partial charge < -0.3 is 26.0 Å². The Morgan fingerprint density at radius 1 is 1.21 bits per heavy atom. The number of carbonyl (C=O) groups is 2. The predicted molar refractivity (Wildman–Crippen MR) is 116 cm³/mol. The van der Waals surface area contributed by atoms with Crippen molar-refractivity contribution in [2.24, 2.45) is 11.1 Å². The topological polar surface area (TPSA) is 96.7 Å². The molecule has 0 radical (unpaired) electrons. The van der Waals surface area contributed by atoms with Gasteiger partial charge in [0, 0.05) is 43.3 Å². The van der Waals surface area contributed by atoms with E-state index in [9.17, 15) is 9.59 Å². The summed E-state index contributed by atoms with van der Waals surface area (Å²) in [5.41, 5.74) is 6.02. The normalized spacial score (nSPS) is 26.1. The molecule has 7 nitrogen and oxygen atoms in total. The summed E-state index contributed by atoms with van der Waals surface area (Å²) >= 11 is 0. The molecule has 2 aliphatic rings. The van der Waals surface area contributed by atoms with Gasteiger partial charge in [-0.15, -0.1) is 12.4 Å². The summed E-state index contributed by atoms with van der Waals surface area (Å²) in [7, 11) is 0. The number of benzene rings is 1. The maximum Gasteiger partial charge on any atom is 0.319 e. The number of nitrogens with zero attached hydrogens (tertiary/aromatic N) is 1. The first kappa shape index (κ1) is 23.4. The van der Waals surface area contributed by atoms with Crippen LogP contribution in [-0.4, -0.2) is 54.2 Å². The van der Waals surface area contributed by atoms with E-state index >= 15 is 0 Å². The lowest BCUT2D eigenvalue weighted by atomic mass is 9.54. The molecule has 1 aliphatic heterocycles. The zero-order valence-electron chi connectivity index (χ0n) is 17.4. The van der Waals surface area contributed by atoms with Gasteiger partial charge in [-0.3, -0.25) is 4.79 Å². The Bertz CT molecular complexity index is 707. The largest absolute Gasteiger partial charge is 0.378 e. The van der Waals surface area contributed by atoms with E-state index in [0.717, 1.165) is 18.5 Å². The molecule has 29 heavy (non-hydrogen) atoms. The van der Waals surface area contributed by atoms with Crippen LogP contribution in [0.5, 0.6) is 0 Å². The number of likely N-dealkylation sites (tertiary alicyclic amines) is 1. The molecule has 8 heteroatoms. The van der Waals surface area contributed by atoms with E-state index in [0.29, 0.717) is 26.1 Å². The van der Waals surface area contributed by atoms with Crippen molar-refractivity contribution >= 4 is 30.0 Å². The quantitative estimate of drug-likeness (QED) is 0.677. The molecule has 1 aromatic carbocycles. The third-order valence-electron chi connectivity index (χ3n) is 6.36. The van der Waals surface area contributed by atoms with Crippen LogP contribution in [0.15, 0.2) is 30.3 Å². The first-order valence-corrected chi connectivity index (χ1v) is 10.1. The number of nitrogens with one attached hydrogen (secondary N) is 2. The van der Waals surface area contributed by atoms with Gasteiger partial charge in [-0.2, -0.15) is 0 Å². The summed E-state index contributed by atoms with van der Waals surface area (Å²) < 4.78 is 5.73. The van der Waals surface area contributed by atoms with E-state index in [1.54, 1.807) is 0 Å². The molecular formula is C21H33ClN4O3. The summed E-state index contributed by atoms with van der Waals surface area (Å²) in [5.74, 6) is 0.000593. The molecule has 1 aliphatic carbocycles. The summed E-state index contributed by atoms with van der Waals surface area (Å²) in [5, 5.41) is 5.82. The number of rotatable bonds is 5. The number of halogens is 1. The van der Waals surface area contributed by atoms with Crippen LogP contribution in [0.2, 0.25) is 0 Å². The van der Waals surface area contributed by atoms with Crippen LogP contribution in [0.4, 0.5) is 10.5 Å². The molecule has 2 fully saturated rings. The van der Waals surface area contributed by atoms with Crippen LogP contribution < -0.4 is 16.4 Å². The van der Waals surface area contributed by atoms with Crippen LogP contribution in [0, 0.1) is 5.41 Å². The van der Waals surface area contributed by atoms with Gasteiger partial charge in [-0.25, -0.2) is 4.79 Å². The third kappa shape index (κ3) is 4.68. The van der Waals surface area contributed by atoms with Crippen molar-refractivity contribution in [3.63, 3.8) is 0 Å². The lowest BCUT2D eigenvalue weighted by molar-refractivity contribution is -0.180. The molecule has 1 saturated carbocycles. The fourth-order valence-corrected chi connectivity index (χ4v) is 4.18. The minimum absolute atomic E-state index is 0. The lowest BCUT2D eigenvalue weighted by Crippen LogP contribution is -2.76. The maximum absolute atomic E-state index is 13.1. The fraction of sp³-hybridized carbons (Fsp3) is 0.619. The number of piperidine rings is 1. The Hall–Kier alpha value is -1.83. The third-order valence-corrected chi connectivity index (χ3v) is 6.36. The molecule has 0 spiro atoms. The molecule has 0 aromatic heterocycles. The molecule has 3 amide bonds. The Morgan fingerprint density at radius 2 is 1.83 bits per heavy atom. The van der Waals surface area contributed by atoms with Crippen LogP contribution >= 0.6 is 12.4 Å². The Morgan fingerprint density at radius 3 is 2.38 bits per heavy atom. The number of nitrogens with two attached hydrogens (primary N) is 1. The maximum atomic E-state index is 13.1. The second-order valence-electron chi connectivity index (χ2n) is 8.37. The standard InChI is InChI=1S/C21H32N4O3.ClH/c1-4-28-17-14-21(22,20(17,2)3)18(26)25-12-10-16(11-13-25)24-19(27)23-15-8-6-5-7-9-15;/h5-9,16-17H,4,10-14,22H2,1-3H3,(H2,23,24,27);1H. The Labute approximate surface area is 179 Å². The summed E-state index contributed by atoms with van der Waals surface area (Å²) in [4.78, 5) is 27.1. The SMILES string of the molecule is CCOC1CC(N)(C(=O)N2CCC(NC(=O)Nc3ccccc3)CC2)C1(C)C.Cl. The van der Waals surface area contributed by atoms with Gasteiger partial charge >= 0.3 is 6.03 Å². The van der Waals surface area contributed by atoms with Gasteiger partial charge in [0.05, 0.1) is 6.10 Å². The van der Waals surface area contributed by atoms with Crippen molar-refractivity contribution in [2.45, 2.75) is 57.7 Å². The van der Waals surface area contributed by atoms with Gasteiger partial charge in [0.25, 0.3) is 0 Å². The number of carbonyl (C=O) groups excluding carboxylic acids is 2. The fourth-order valence-electron chi connectivity index (χ4n) is 4.18. The average Bonchev–Trinajstić information content (AvgIpc) is 2.68. The minimum Gasteiger partial charge on any atom is -0.378 e. The smallest absolute Gasteiger partial charge is 0.319 e. The predicted octanol–water partition coefficient (Wildman–Crippen LogP) is 2.75. The Kier molecular flexibility index (Phi) is 7.54. The molecule has 2 unspecified atom stereocenters. The van der Waals surface area contributed by atoms with Crippen LogP contribution in [0.1, 0.15) is 40.0 Å². The molecule has 1 heterocycles. The molecule has 4 N–H and O–H groups in total. The van der Waals surface area contributed by atoms with Gasteiger partial charge in [0.2, 0.25) is 5.91 Å². The van der Waals surface area contributed by atoms with Crippen LogP contribution in [-0.2, 0) is 9.53 Å². The van der Waals surface area contributed by atoms with Gasteiger partial charge in [0.15, 0.2) is 0 Å². The number of hydrogen-bond donors (Lipinski definition) is 3. The van der Waals surface area contributed by atoms with Crippen LogP contribution in [0.3, 0.4) is 0 Å². The highest BCUT2D eigenvalue weighted by atomic mass is 35.5. The number of para-hydroxylation sites is 1. The number of hydrogen-bond acceptors (Lipinski definition) is 4. The number of amides is 3. The molecule has 162 valence electrons. The zero-order valence-corrected chi connectivity index (χ0v) is 18.3. The number of ether oxygens (including phenoxy) is 1. The first-order chi connectivity index (χ1) is 13.3. The van der Waals surface area contributed by atoms with E-state index in [4.69, 9.17) is 10.5 Å². The minimum atomic E-state index is -0.877. The van der Waals surface area contributed by atoms with Crippen LogP contribution in [0.25, 0.3) is 0 Å². The van der Waals surface area contributed by atoms with Crippen molar-refractivity contribution in [2.75, 3.05) is 25.0 Å². The average molecular weight is 425 g/mol. The van der Waals surface area contributed by atoms with E-state index in [-0.39, 0.29) is 41.9 Å². The summed E-state index contributed by atoms with van der Waals surface area (Å²) in [6.45, 7) is 7.81. The van der Waals surface area contributed by atoms with Crippen molar-refractivity contribution in [3.8, 4) is 0 Å². The van der Waals surface area contributed by atoms with Gasteiger partial charge in [-0.1, -0.05) is 32.0 Å². The molecule has 3 rings (SSSR count). The van der Waals surface area contributed by atoms with Crippen molar-refractivity contribution in [3.05, 3.63) is 30.3 Å². The van der Waals surface area contributed by atoms with Crippen molar-refractivity contribution in [1.82, 2.24) is 10.2 Å². The monoisotopic (exact) mass is 424 g/mol. The van der Waals surface area contributed by atoms with Gasteiger partial charge in [0.1, 0.15) is 5.54 Å². The highest BCUT2D eigenvalue weighted by Crippen LogP contribution is 2.50. The van der Waals surface area contributed by atoms with Gasteiger partial charge in [-0.05, 0) is 31.9 Å².